The molecular weight excluding hydrogens is 448 g/mol. The third-order valence-electron chi connectivity index (χ3n) is 4.56. The first-order chi connectivity index (χ1) is 15.6. The van der Waals surface area contributed by atoms with E-state index in [0.717, 1.165) is 36.4 Å². The quantitative estimate of drug-likeness (QED) is 0.322. The molecule has 0 radical (unpaired) electrons. The van der Waals surface area contributed by atoms with Crippen LogP contribution in [0, 0.1) is 11.6 Å². The Bertz CT molecular complexity index is 1150. The molecule has 0 aliphatic heterocycles. The summed E-state index contributed by atoms with van der Waals surface area (Å²) in [5.41, 5.74) is -2.50. The summed E-state index contributed by atoms with van der Waals surface area (Å²) in [5, 5.41) is 2.36. The molecule has 0 aliphatic rings. The number of hydrogen-bond donors (Lipinski definition) is 1. The van der Waals surface area contributed by atoms with E-state index in [2.05, 4.69) is 5.32 Å². The van der Waals surface area contributed by atoms with Crippen molar-refractivity contribution in [2.24, 2.45) is 0 Å². The van der Waals surface area contributed by atoms with Gasteiger partial charge in [0.2, 0.25) is 0 Å². The molecule has 0 fully saturated rings. The zero-order valence-electron chi connectivity index (χ0n) is 17.1. The Morgan fingerprint density at radius 2 is 1.45 bits per heavy atom. The minimum Gasteiger partial charge on any atom is -0.481 e. The van der Waals surface area contributed by atoms with Gasteiger partial charge in [0.15, 0.2) is 6.10 Å². The van der Waals surface area contributed by atoms with E-state index in [1.165, 1.54) is 43.3 Å². The van der Waals surface area contributed by atoms with Crippen molar-refractivity contribution >= 4 is 23.0 Å². The van der Waals surface area contributed by atoms with Crippen LogP contribution in [0.1, 0.15) is 18.1 Å². The number of benzene rings is 3. The van der Waals surface area contributed by atoms with E-state index < -0.39 is 46.8 Å². The van der Waals surface area contributed by atoms with Crippen molar-refractivity contribution in [3.05, 3.63) is 95.6 Å². The Hall–Kier alpha value is -3.75. The summed E-state index contributed by atoms with van der Waals surface area (Å²) in [7, 11) is 0. The number of carbonyl (C=O) groups excluding carboxylic acids is 1. The summed E-state index contributed by atoms with van der Waals surface area (Å²) in [4.78, 5) is 12.2. The van der Waals surface area contributed by atoms with Gasteiger partial charge in [-0.3, -0.25) is 4.79 Å². The highest BCUT2D eigenvalue weighted by Crippen LogP contribution is 2.40. The van der Waals surface area contributed by atoms with Crippen LogP contribution >= 0.6 is 0 Å². The van der Waals surface area contributed by atoms with Crippen molar-refractivity contribution in [3.8, 4) is 5.75 Å². The molecule has 3 rings (SSSR count). The molecule has 3 aromatic carbocycles. The number of anilines is 1. The lowest BCUT2D eigenvalue weighted by molar-refractivity contribution is -0.122. The lowest BCUT2D eigenvalue weighted by Gasteiger charge is -2.16. The molecule has 0 bridgehead atoms. The maximum absolute atomic E-state index is 14.8. The van der Waals surface area contributed by atoms with Crippen LogP contribution in [0.3, 0.4) is 0 Å². The molecule has 1 amide bonds. The summed E-state index contributed by atoms with van der Waals surface area (Å²) in [6.07, 6.45) is -6.11. The Morgan fingerprint density at radius 1 is 0.879 bits per heavy atom. The second kappa shape index (κ2) is 9.81. The molecule has 33 heavy (non-hydrogen) atoms. The van der Waals surface area contributed by atoms with Crippen LogP contribution in [0.25, 0.3) is 11.4 Å². The van der Waals surface area contributed by atoms with Gasteiger partial charge in [-0.05, 0) is 61.0 Å². The van der Waals surface area contributed by atoms with Crippen molar-refractivity contribution in [2.45, 2.75) is 19.2 Å². The topological polar surface area (TPSA) is 38.3 Å². The molecule has 0 aromatic heterocycles. The van der Waals surface area contributed by atoms with E-state index in [1.807, 2.05) is 0 Å². The zero-order valence-corrected chi connectivity index (χ0v) is 17.1. The first-order valence-electron chi connectivity index (χ1n) is 9.61. The van der Waals surface area contributed by atoms with Crippen molar-refractivity contribution in [1.82, 2.24) is 0 Å². The molecular formula is C24H17F6NO2. The van der Waals surface area contributed by atoms with Crippen LogP contribution in [0.5, 0.6) is 5.75 Å². The van der Waals surface area contributed by atoms with Gasteiger partial charge in [0.05, 0.1) is 11.3 Å². The summed E-state index contributed by atoms with van der Waals surface area (Å²) in [6.45, 7) is 1.39. The Kier molecular flexibility index (Phi) is 7.10. The van der Waals surface area contributed by atoms with Crippen LogP contribution in [-0.4, -0.2) is 18.2 Å². The summed E-state index contributed by atoms with van der Waals surface area (Å²) >= 11 is 0. The molecule has 0 aliphatic carbocycles. The number of amides is 1. The lowest BCUT2D eigenvalue weighted by Crippen LogP contribution is -2.30. The van der Waals surface area contributed by atoms with E-state index in [9.17, 15) is 31.1 Å². The number of hydrogen-bond acceptors (Lipinski definition) is 2. The van der Waals surface area contributed by atoms with E-state index in [-0.39, 0.29) is 17.0 Å². The third-order valence-corrected chi connectivity index (χ3v) is 4.56. The molecule has 9 heteroatoms. The van der Waals surface area contributed by atoms with Crippen LogP contribution in [0.2, 0.25) is 0 Å². The van der Waals surface area contributed by atoms with Gasteiger partial charge in [-0.15, -0.1) is 0 Å². The highest BCUT2D eigenvalue weighted by atomic mass is 19.4. The van der Waals surface area contributed by atoms with Crippen LogP contribution in [0.15, 0.2) is 72.8 Å². The normalized spacial score (nSPS) is 13.2. The number of alkyl halides is 3. The zero-order chi connectivity index (χ0) is 24.2. The van der Waals surface area contributed by atoms with Crippen molar-refractivity contribution < 1.29 is 35.9 Å². The molecule has 0 heterocycles. The van der Waals surface area contributed by atoms with Gasteiger partial charge in [0.25, 0.3) is 5.91 Å². The predicted octanol–water partition coefficient (Wildman–Crippen LogP) is 6.77. The van der Waals surface area contributed by atoms with Gasteiger partial charge in [-0.1, -0.05) is 24.3 Å². The Labute approximate surface area is 185 Å². The van der Waals surface area contributed by atoms with E-state index >= 15 is 0 Å². The first kappa shape index (κ1) is 23.9. The largest absolute Gasteiger partial charge is 0.481 e. The molecule has 0 spiro atoms. The minimum atomic E-state index is -5.03. The molecule has 3 aromatic rings. The van der Waals surface area contributed by atoms with Crippen molar-refractivity contribution in [2.75, 3.05) is 5.32 Å². The van der Waals surface area contributed by atoms with E-state index in [0.29, 0.717) is 0 Å². The Balaban J connectivity index is 1.78. The van der Waals surface area contributed by atoms with Gasteiger partial charge < -0.3 is 10.1 Å². The highest BCUT2D eigenvalue weighted by molar-refractivity contribution is 5.94. The molecule has 1 atom stereocenters. The average Bonchev–Trinajstić information content (AvgIpc) is 2.76. The fourth-order valence-corrected chi connectivity index (χ4v) is 2.91. The number of rotatable bonds is 6. The lowest BCUT2D eigenvalue weighted by atomic mass is 10.0. The summed E-state index contributed by atoms with van der Waals surface area (Å²) in [6, 6.07) is 13.3. The number of allylic oxidation sites excluding steroid dienone is 1. The van der Waals surface area contributed by atoms with Crippen molar-refractivity contribution in [3.63, 3.8) is 0 Å². The summed E-state index contributed by atoms with van der Waals surface area (Å²) in [5.74, 6) is -3.52. The van der Waals surface area contributed by atoms with E-state index in [1.54, 1.807) is 0 Å². The molecule has 172 valence electrons. The van der Waals surface area contributed by atoms with E-state index in [4.69, 9.17) is 4.74 Å². The van der Waals surface area contributed by atoms with Gasteiger partial charge in [-0.25, -0.2) is 13.2 Å². The maximum atomic E-state index is 14.8. The summed E-state index contributed by atoms with van der Waals surface area (Å²) < 4.78 is 87.5. The van der Waals surface area contributed by atoms with Crippen LogP contribution in [0.4, 0.5) is 32.0 Å². The number of halogens is 6. The van der Waals surface area contributed by atoms with Gasteiger partial charge in [0, 0.05) is 5.56 Å². The van der Waals surface area contributed by atoms with Gasteiger partial charge in [-0.2, -0.15) is 13.2 Å². The smallest absolute Gasteiger partial charge is 0.419 e. The molecule has 0 saturated heterocycles. The predicted molar refractivity (Wildman–Crippen MR) is 112 cm³/mol. The number of carbonyl (C=O) groups is 1. The average molecular weight is 465 g/mol. The molecule has 3 nitrogen and oxygen atoms in total. The maximum Gasteiger partial charge on any atom is 0.419 e. The second-order valence-electron chi connectivity index (χ2n) is 6.95. The fraction of sp³-hybridized carbons (Fsp3) is 0.125. The number of ether oxygens (including phenoxy) is 1. The van der Waals surface area contributed by atoms with Crippen molar-refractivity contribution in [1.29, 1.82) is 0 Å². The Morgan fingerprint density at radius 3 is 2.03 bits per heavy atom. The molecule has 0 unspecified atom stereocenters. The SMILES string of the molecule is C[C@@H](Oc1ccc(C(F)=C(c2ccc(F)cc2)C(F)(F)F)cc1)C(=O)Nc1ccccc1F. The fourth-order valence-electron chi connectivity index (χ4n) is 2.91. The number of nitrogens with one attached hydrogen (secondary N) is 1. The first-order valence-corrected chi connectivity index (χ1v) is 9.61. The second-order valence-corrected chi connectivity index (χ2v) is 6.95. The van der Waals surface area contributed by atoms with Gasteiger partial charge >= 0.3 is 6.18 Å². The monoisotopic (exact) mass is 465 g/mol. The molecule has 0 saturated carbocycles. The van der Waals surface area contributed by atoms with Gasteiger partial charge in [0.1, 0.15) is 23.2 Å². The molecule has 1 N–H and O–H groups in total. The third kappa shape index (κ3) is 5.94. The minimum absolute atomic E-state index is 0.0408. The van der Waals surface area contributed by atoms with Crippen LogP contribution in [-0.2, 0) is 4.79 Å². The number of para-hydroxylation sites is 1. The standard InChI is InChI=1S/C24H17F6NO2/c1-14(23(32)31-20-5-3-2-4-19(20)26)33-18-12-8-16(9-13-18)22(27)21(24(28,29)30)15-6-10-17(25)11-7-15/h2-14H,1H3,(H,31,32)/t14-/m1/s1. The van der Waals surface area contributed by atoms with Crippen LogP contribution < -0.4 is 10.1 Å². The highest BCUT2D eigenvalue weighted by Gasteiger charge is 2.38.